The fourth-order valence-electron chi connectivity index (χ4n) is 1.83. The monoisotopic (exact) mass is 337 g/mol. The highest BCUT2D eigenvalue weighted by Crippen LogP contribution is 2.22. The van der Waals surface area contributed by atoms with Gasteiger partial charge in [-0.2, -0.15) is 0 Å². The average molecular weight is 338 g/mol. The maximum absolute atomic E-state index is 12.1. The second-order valence-electron chi connectivity index (χ2n) is 4.48. The molecule has 0 heterocycles. The molecule has 1 atom stereocenters. The van der Waals surface area contributed by atoms with E-state index in [2.05, 4.69) is 5.32 Å². The van der Waals surface area contributed by atoms with Crippen LogP contribution in [0.5, 0.6) is 0 Å². The van der Waals surface area contributed by atoms with Crippen molar-refractivity contribution in [1.82, 2.24) is 5.32 Å². The number of nitrogens with one attached hydrogen (secondary N) is 1. The van der Waals surface area contributed by atoms with Crippen LogP contribution in [0.15, 0.2) is 23.1 Å². The maximum Gasteiger partial charge on any atom is 0.261 e. The molecule has 0 aliphatic heterocycles. The van der Waals surface area contributed by atoms with Gasteiger partial charge in [0.2, 0.25) is 0 Å². The number of halogens is 2. The second kappa shape index (κ2) is 7.29. The zero-order valence-corrected chi connectivity index (χ0v) is 13.6. The van der Waals surface area contributed by atoms with E-state index >= 15 is 0 Å². The summed E-state index contributed by atoms with van der Waals surface area (Å²) in [6, 6.07) is 3.91. The highest BCUT2D eigenvalue weighted by atomic mass is 35.7. The number of hydrogen-bond acceptors (Lipinski definition) is 3. The Hall–Kier alpha value is -0.780. The van der Waals surface area contributed by atoms with E-state index in [-0.39, 0.29) is 27.4 Å². The summed E-state index contributed by atoms with van der Waals surface area (Å²) >= 11 is 5.83. The average Bonchev–Trinajstić information content (AvgIpc) is 2.36. The lowest BCUT2D eigenvalue weighted by Crippen LogP contribution is -2.34. The summed E-state index contributed by atoms with van der Waals surface area (Å²) in [6.07, 6.45) is 2.62. The summed E-state index contributed by atoms with van der Waals surface area (Å²) in [5, 5.41) is 3.01. The highest BCUT2D eigenvalue weighted by Gasteiger charge is 2.17. The Balaban J connectivity index is 3.02. The normalized spacial score (nSPS) is 13.0. The SMILES string of the molecule is CCCC(CC)NC(=O)c1cc(Cl)cc(S(=O)(=O)Cl)c1. The fourth-order valence-corrected chi connectivity index (χ4v) is 2.93. The van der Waals surface area contributed by atoms with E-state index < -0.39 is 9.05 Å². The van der Waals surface area contributed by atoms with E-state index in [1.165, 1.54) is 18.2 Å². The predicted molar refractivity (Wildman–Crippen MR) is 80.9 cm³/mol. The molecule has 0 aliphatic carbocycles. The van der Waals surface area contributed by atoms with Crippen LogP contribution in [0.1, 0.15) is 43.5 Å². The Morgan fingerprint density at radius 2 is 1.95 bits per heavy atom. The Kier molecular flexibility index (Phi) is 6.30. The number of rotatable bonds is 6. The molecule has 20 heavy (non-hydrogen) atoms. The van der Waals surface area contributed by atoms with Crippen molar-refractivity contribution in [1.29, 1.82) is 0 Å². The lowest BCUT2D eigenvalue weighted by molar-refractivity contribution is 0.0933. The number of amides is 1. The number of hydrogen-bond donors (Lipinski definition) is 1. The first-order valence-electron chi connectivity index (χ1n) is 6.34. The van der Waals surface area contributed by atoms with Crippen molar-refractivity contribution >= 4 is 37.2 Å². The third kappa shape index (κ3) is 4.96. The molecule has 1 unspecified atom stereocenters. The van der Waals surface area contributed by atoms with Crippen LogP contribution in [0, 0.1) is 0 Å². The van der Waals surface area contributed by atoms with Crippen LogP contribution < -0.4 is 5.32 Å². The second-order valence-corrected chi connectivity index (χ2v) is 7.48. The first kappa shape index (κ1) is 17.3. The maximum atomic E-state index is 12.1. The minimum absolute atomic E-state index is 0.0579. The molecule has 1 N–H and O–H groups in total. The number of carbonyl (C=O) groups excluding carboxylic acids is 1. The van der Waals surface area contributed by atoms with Gasteiger partial charge in [0, 0.05) is 27.3 Å². The largest absolute Gasteiger partial charge is 0.349 e. The first-order chi connectivity index (χ1) is 9.27. The summed E-state index contributed by atoms with van der Waals surface area (Å²) in [4.78, 5) is 11.9. The van der Waals surface area contributed by atoms with E-state index in [1.54, 1.807) is 0 Å². The molecule has 0 saturated carbocycles. The van der Waals surface area contributed by atoms with Crippen molar-refractivity contribution in [3.05, 3.63) is 28.8 Å². The summed E-state index contributed by atoms with van der Waals surface area (Å²) in [6.45, 7) is 4.01. The van der Waals surface area contributed by atoms with Crippen LogP contribution in [-0.4, -0.2) is 20.4 Å². The van der Waals surface area contributed by atoms with Crippen LogP contribution in [-0.2, 0) is 9.05 Å². The Morgan fingerprint density at radius 3 is 2.45 bits per heavy atom. The molecule has 0 spiro atoms. The van der Waals surface area contributed by atoms with Crippen LogP contribution in [0.3, 0.4) is 0 Å². The molecule has 0 aromatic heterocycles. The van der Waals surface area contributed by atoms with Gasteiger partial charge in [-0.05, 0) is 31.0 Å². The van der Waals surface area contributed by atoms with Crippen LogP contribution in [0.25, 0.3) is 0 Å². The lowest BCUT2D eigenvalue weighted by atomic mass is 10.1. The van der Waals surface area contributed by atoms with E-state index in [4.69, 9.17) is 22.3 Å². The van der Waals surface area contributed by atoms with Crippen LogP contribution in [0.4, 0.5) is 0 Å². The molecule has 0 fully saturated rings. The summed E-state index contributed by atoms with van der Waals surface area (Å²) in [5.41, 5.74) is 0.186. The van der Waals surface area contributed by atoms with Crippen LogP contribution in [0.2, 0.25) is 5.02 Å². The van der Waals surface area contributed by atoms with Crippen molar-refractivity contribution in [3.63, 3.8) is 0 Å². The van der Waals surface area contributed by atoms with Gasteiger partial charge in [-0.25, -0.2) is 8.42 Å². The quantitative estimate of drug-likeness (QED) is 0.807. The van der Waals surface area contributed by atoms with Gasteiger partial charge < -0.3 is 5.32 Å². The molecule has 0 bridgehead atoms. The molecular weight excluding hydrogens is 321 g/mol. The van der Waals surface area contributed by atoms with Crippen molar-refractivity contribution < 1.29 is 13.2 Å². The molecule has 1 aromatic rings. The molecule has 7 heteroatoms. The molecule has 0 aliphatic rings. The minimum Gasteiger partial charge on any atom is -0.349 e. The van der Waals surface area contributed by atoms with Gasteiger partial charge in [0.1, 0.15) is 0 Å². The first-order valence-corrected chi connectivity index (χ1v) is 9.02. The van der Waals surface area contributed by atoms with Gasteiger partial charge in [-0.15, -0.1) is 0 Å². The molecule has 4 nitrogen and oxygen atoms in total. The van der Waals surface area contributed by atoms with E-state index in [1.807, 2.05) is 13.8 Å². The topological polar surface area (TPSA) is 63.2 Å². The molecule has 1 aromatic carbocycles. The zero-order valence-electron chi connectivity index (χ0n) is 11.3. The molecule has 0 saturated heterocycles. The molecule has 1 amide bonds. The molecular formula is C13H17Cl2NO3S. The third-order valence-electron chi connectivity index (χ3n) is 2.88. The Bertz CT molecular complexity index is 587. The van der Waals surface area contributed by atoms with Gasteiger partial charge in [0.15, 0.2) is 0 Å². The fraction of sp³-hybridized carbons (Fsp3) is 0.462. The van der Waals surface area contributed by atoms with E-state index in [0.29, 0.717) is 0 Å². The van der Waals surface area contributed by atoms with Crippen molar-refractivity contribution in [2.75, 3.05) is 0 Å². The zero-order chi connectivity index (χ0) is 15.3. The third-order valence-corrected chi connectivity index (χ3v) is 4.43. The van der Waals surface area contributed by atoms with Gasteiger partial charge in [0.05, 0.1) is 4.90 Å². The molecule has 0 radical (unpaired) electrons. The number of benzene rings is 1. The Labute approximate surface area is 128 Å². The smallest absolute Gasteiger partial charge is 0.261 e. The van der Waals surface area contributed by atoms with E-state index in [9.17, 15) is 13.2 Å². The van der Waals surface area contributed by atoms with Crippen molar-refractivity contribution in [2.45, 2.75) is 44.0 Å². The van der Waals surface area contributed by atoms with Crippen molar-refractivity contribution in [3.8, 4) is 0 Å². The lowest BCUT2D eigenvalue weighted by Gasteiger charge is -2.16. The summed E-state index contributed by atoms with van der Waals surface area (Å²) < 4.78 is 22.6. The minimum atomic E-state index is -3.92. The molecule has 1 rings (SSSR count). The highest BCUT2D eigenvalue weighted by molar-refractivity contribution is 8.13. The predicted octanol–water partition coefficient (Wildman–Crippen LogP) is 3.58. The Morgan fingerprint density at radius 1 is 1.30 bits per heavy atom. The summed E-state index contributed by atoms with van der Waals surface area (Å²) in [5.74, 6) is -0.352. The van der Waals surface area contributed by atoms with Gasteiger partial charge in [-0.3, -0.25) is 4.79 Å². The summed E-state index contributed by atoms with van der Waals surface area (Å²) in [7, 11) is 1.35. The van der Waals surface area contributed by atoms with Crippen molar-refractivity contribution in [2.24, 2.45) is 0 Å². The standard InChI is InChI=1S/C13H17Cl2NO3S/c1-3-5-11(4-2)16-13(17)9-6-10(14)8-12(7-9)20(15,18)19/h6-8,11H,3-5H2,1-2H3,(H,16,17). The van der Waals surface area contributed by atoms with Crippen LogP contribution >= 0.6 is 22.3 Å². The number of carbonyl (C=O) groups is 1. The van der Waals surface area contributed by atoms with Gasteiger partial charge in [0.25, 0.3) is 15.0 Å². The van der Waals surface area contributed by atoms with Gasteiger partial charge in [-0.1, -0.05) is 31.9 Å². The molecule has 112 valence electrons. The van der Waals surface area contributed by atoms with Gasteiger partial charge >= 0.3 is 0 Å². The van der Waals surface area contributed by atoms with E-state index in [0.717, 1.165) is 19.3 Å².